The Labute approximate surface area is 97.7 Å². The lowest BCUT2D eigenvalue weighted by Gasteiger charge is -2.31. The maximum Gasteiger partial charge on any atom is 0.0544 e. The van der Waals surface area contributed by atoms with Gasteiger partial charge in [-0.05, 0) is 43.9 Å². The first-order valence-corrected chi connectivity index (χ1v) is 6.57. The van der Waals surface area contributed by atoms with Gasteiger partial charge >= 0.3 is 0 Å². The van der Waals surface area contributed by atoms with Crippen molar-refractivity contribution < 1.29 is 0 Å². The molecule has 1 aliphatic carbocycles. The van der Waals surface area contributed by atoms with E-state index in [-0.39, 0.29) is 0 Å². The van der Waals surface area contributed by atoms with Crippen molar-refractivity contribution in [3.05, 3.63) is 30.1 Å². The van der Waals surface area contributed by atoms with Crippen LogP contribution < -0.4 is 0 Å². The summed E-state index contributed by atoms with van der Waals surface area (Å²) >= 11 is 0. The fourth-order valence-corrected chi connectivity index (χ4v) is 3.40. The van der Waals surface area contributed by atoms with E-state index in [2.05, 4.69) is 22.0 Å². The molecule has 1 aliphatic heterocycles. The number of hydrogen-bond acceptors (Lipinski definition) is 2. The normalized spacial score (nSPS) is 30.2. The molecular weight excluding hydrogens is 196 g/mol. The topological polar surface area (TPSA) is 16.1 Å². The highest BCUT2D eigenvalue weighted by Gasteiger charge is 2.35. The second-order valence-electron chi connectivity index (χ2n) is 5.19. The quantitative estimate of drug-likeness (QED) is 0.755. The van der Waals surface area contributed by atoms with E-state index in [1.165, 1.54) is 44.3 Å². The summed E-state index contributed by atoms with van der Waals surface area (Å²) in [6, 6.07) is 7.10. The molecule has 2 fully saturated rings. The third-order valence-electron chi connectivity index (χ3n) is 4.22. The van der Waals surface area contributed by atoms with Gasteiger partial charge in [0.25, 0.3) is 0 Å². The Bertz CT molecular complexity index is 336. The SMILES string of the molecule is c1ccc(CN2CCC3CCCCC32)nc1. The van der Waals surface area contributed by atoms with Gasteiger partial charge < -0.3 is 0 Å². The molecule has 0 amide bonds. The lowest BCUT2D eigenvalue weighted by atomic mass is 9.85. The Morgan fingerprint density at radius 3 is 3.00 bits per heavy atom. The van der Waals surface area contributed by atoms with Crippen LogP contribution in [0.25, 0.3) is 0 Å². The van der Waals surface area contributed by atoms with E-state index >= 15 is 0 Å². The molecule has 3 rings (SSSR count). The van der Waals surface area contributed by atoms with Gasteiger partial charge in [0.1, 0.15) is 0 Å². The van der Waals surface area contributed by atoms with Gasteiger partial charge in [0.2, 0.25) is 0 Å². The predicted molar refractivity (Wildman–Crippen MR) is 65.0 cm³/mol. The summed E-state index contributed by atoms with van der Waals surface area (Å²) in [6.45, 7) is 2.34. The molecule has 0 bridgehead atoms. The van der Waals surface area contributed by atoms with Crippen LogP contribution in [0.2, 0.25) is 0 Å². The first-order chi connectivity index (χ1) is 7.93. The summed E-state index contributed by atoms with van der Waals surface area (Å²) in [5, 5.41) is 0. The molecule has 2 heterocycles. The Morgan fingerprint density at radius 2 is 2.12 bits per heavy atom. The molecule has 2 atom stereocenters. The summed E-state index contributed by atoms with van der Waals surface area (Å²) < 4.78 is 0. The fraction of sp³-hybridized carbons (Fsp3) is 0.643. The second-order valence-corrected chi connectivity index (χ2v) is 5.19. The molecule has 0 spiro atoms. The minimum atomic E-state index is 0.857. The summed E-state index contributed by atoms with van der Waals surface area (Å²) in [6.07, 6.45) is 9.08. The zero-order chi connectivity index (χ0) is 10.8. The standard InChI is InChI=1S/C14H20N2/c1-2-7-14-12(5-1)8-10-16(14)11-13-6-3-4-9-15-13/h3-4,6,9,12,14H,1-2,5,7-8,10-11H2. The molecular formula is C14H20N2. The van der Waals surface area contributed by atoms with Gasteiger partial charge in [-0.2, -0.15) is 0 Å². The molecule has 2 unspecified atom stereocenters. The molecule has 1 saturated carbocycles. The first-order valence-electron chi connectivity index (χ1n) is 6.57. The van der Waals surface area contributed by atoms with Gasteiger partial charge in [0.05, 0.1) is 5.69 Å². The molecule has 2 aliphatic rings. The van der Waals surface area contributed by atoms with Crippen LogP contribution in [0.5, 0.6) is 0 Å². The highest BCUT2D eigenvalue weighted by molar-refractivity contribution is 5.04. The van der Waals surface area contributed by atoms with E-state index in [0.29, 0.717) is 0 Å². The number of rotatable bonds is 2. The molecule has 1 aromatic rings. The molecule has 2 nitrogen and oxygen atoms in total. The van der Waals surface area contributed by atoms with Gasteiger partial charge in [-0.1, -0.05) is 18.9 Å². The number of hydrogen-bond donors (Lipinski definition) is 0. The Kier molecular flexibility index (Phi) is 2.92. The average molecular weight is 216 g/mol. The van der Waals surface area contributed by atoms with Gasteiger partial charge in [-0.15, -0.1) is 0 Å². The number of likely N-dealkylation sites (tertiary alicyclic amines) is 1. The number of pyridine rings is 1. The van der Waals surface area contributed by atoms with E-state index in [0.717, 1.165) is 18.5 Å². The van der Waals surface area contributed by atoms with Gasteiger partial charge in [-0.25, -0.2) is 0 Å². The lowest BCUT2D eigenvalue weighted by Crippen LogP contribution is -2.34. The van der Waals surface area contributed by atoms with Crippen LogP contribution in [-0.4, -0.2) is 22.5 Å². The minimum absolute atomic E-state index is 0.857. The second kappa shape index (κ2) is 4.54. The monoisotopic (exact) mass is 216 g/mol. The highest BCUT2D eigenvalue weighted by atomic mass is 15.2. The van der Waals surface area contributed by atoms with Crippen molar-refractivity contribution in [2.24, 2.45) is 5.92 Å². The zero-order valence-corrected chi connectivity index (χ0v) is 9.81. The van der Waals surface area contributed by atoms with Crippen LogP contribution in [0.4, 0.5) is 0 Å². The van der Waals surface area contributed by atoms with Crippen molar-refractivity contribution in [3.63, 3.8) is 0 Å². The van der Waals surface area contributed by atoms with E-state index in [9.17, 15) is 0 Å². The van der Waals surface area contributed by atoms with Gasteiger partial charge in [-0.3, -0.25) is 9.88 Å². The van der Waals surface area contributed by atoms with E-state index in [1.807, 2.05) is 12.3 Å². The molecule has 0 aromatic carbocycles. The lowest BCUT2D eigenvalue weighted by molar-refractivity contribution is 0.174. The van der Waals surface area contributed by atoms with Gasteiger partial charge in [0.15, 0.2) is 0 Å². The summed E-state index contributed by atoms with van der Waals surface area (Å²) in [5.74, 6) is 0.984. The summed E-state index contributed by atoms with van der Waals surface area (Å²) in [4.78, 5) is 7.10. The molecule has 86 valence electrons. The van der Waals surface area contributed by atoms with Crippen molar-refractivity contribution in [2.75, 3.05) is 6.54 Å². The zero-order valence-electron chi connectivity index (χ0n) is 9.81. The van der Waals surface area contributed by atoms with Crippen LogP contribution in [0.3, 0.4) is 0 Å². The van der Waals surface area contributed by atoms with Crippen molar-refractivity contribution in [2.45, 2.75) is 44.7 Å². The Hall–Kier alpha value is -0.890. The van der Waals surface area contributed by atoms with Crippen molar-refractivity contribution in [1.29, 1.82) is 0 Å². The molecule has 2 heteroatoms. The Balaban J connectivity index is 1.67. The van der Waals surface area contributed by atoms with Crippen LogP contribution in [0.1, 0.15) is 37.8 Å². The van der Waals surface area contributed by atoms with Crippen molar-refractivity contribution in [1.82, 2.24) is 9.88 Å². The number of fused-ring (bicyclic) bond motifs is 1. The third-order valence-corrected chi connectivity index (χ3v) is 4.22. The number of aromatic nitrogens is 1. The maximum atomic E-state index is 4.44. The van der Waals surface area contributed by atoms with Crippen LogP contribution in [0, 0.1) is 5.92 Å². The summed E-state index contributed by atoms with van der Waals surface area (Å²) in [5.41, 5.74) is 1.23. The first kappa shape index (κ1) is 10.3. The molecule has 16 heavy (non-hydrogen) atoms. The van der Waals surface area contributed by atoms with E-state index in [4.69, 9.17) is 0 Å². The summed E-state index contributed by atoms with van der Waals surface area (Å²) in [7, 11) is 0. The van der Waals surface area contributed by atoms with Gasteiger partial charge in [0, 0.05) is 18.8 Å². The van der Waals surface area contributed by atoms with Crippen molar-refractivity contribution >= 4 is 0 Å². The fourth-order valence-electron chi connectivity index (χ4n) is 3.40. The van der Waals surface area contributed by atoms with Crippen LogP contribution >= 0.6 is 0 Å². The largest absolute Gasteiger partial charge is 0.294 e. The maximum absolute atomic E-state index is 4.44. The third kappa shape index (κ3) is 1.99. The smallest absolute Gasteiger partial charge is 0.0544 e. The molecule has 1 aromatic heterocycles. The average Bonchev–Trinajstić information content (AvgIpc) is 2.74. The van der Waals surface area contributed by atoms with E-state index in [1.54, 1.807) is 0 Å². The molecule has 0 N–H and O–H groups in total. The predicted octanol–water partition coefficient (Wildman–Crippen LogP) is 2.85. The molecule has 0 radical (unpaired) electrons. The Morgan fingerprint density at radius 1 is 1.19 bits per heavy atom. The van der Waals surface area contributed by atoms with Crippen LogP contribution in [0.15, 0.2) is 24.4 Å². The minimum Gasteiger partial charge on any atom is -0.294 e. The van der Waals surface area contributed by atoms with Crippen molar-refractivity contribution in [3.8, 4) is 0 Å². The number of nitrogens with zero attached hydrogens (tertiary/aromatic N) is 2. The highest BCUT2D eigenvalue weighted by Crippen LogP contribution is 2.36. The van der Waals surface area contributed by atoms with E-state index < -0.39 is 0 Å². The van der Waals surface area contributed by atoms with Crippen LogP contribution in [-0.2, 0) is 6.54 Å². The molecule has 1 saturated heterocycles.